The molecule has 3 aromatic rings. The van der Waals surface area contributed by atoms with Gasteiger partial charge in [-0.3, -0.25) is 0 Å². The minimum atomic E-state index is 0.526. The van der Waals surface area contributed by atoms with E-state index < -0.39 is 0 Å². The lowest BCUT2D eigenvalue weighted by Gasteiger charge is -2.13. The Balaban J connectivity index is 1.62. The van der Waals surface area contributed by atoms with Gasteiger partial charge in [-0.15, -0.1) is 0 Å². The highest BCUT2D eigenvalue weighted by Crippen LogP contribution is 2.29. The van der Waals surface area contributed by atoms with Crippen LogP contribution in [0.1, 0.15) is 23.6 Å². The van der Waals surface area contributed by atoms with E-state index in [1.54, 1.807) is 7.11 Å². The van der Waals surface area contributed by atoms with E-state index in [-0.39, 0.29) is 0 Å². The predicted molar refractivity (Wildman–Crippen MR) is 107 cm³/mol. The Hall–Kier alpha value is -2.94. The standard InChI is InChI=1S/C23H25NO2/c1-3-18-9-12-21(13-10-18)24-16-20-11-14-22(23(15-20)25-2)26-17-19-7-5-4-6-8-19/h4-15,24H,3,16-17H2,1-2H3. The van der Waals surface area contributed by atoms with Gasteiger partial charge in [0, 0.05) is 12.2 Å². The third kappa shape index (κ3) is 4.79. The lowest BCUT2D eigenvalue weighted by molar-refractivity contribution is 0.284. The number of aryl methyl sites for hydroxylation is 1. The normalized spacial score (nSPS) is 10.4. The molecule has 0 heterocycles. The maximum absolute atomic E-state index is 5.91. The molecule has 1 N–H and O–H groups in total. The zero-order valence-electron chi connectivity index (χ0n) is 15.4. The molecule has 0 fully saturated rings. The molecule has 3 nitrogen and oxygen atoms in total. The number of rotatable bonds is 8. The lowest BCUT2D eigenvalue weighted by atomic mass is 10.1. The quantitative estimate of drug-likeness (QED) is 0.588. The molecule has 3 aromatic carbocycles. The highest BCUT2D eigenvalue weighted by atomic mass is 16.5. The predicted octanol–water partition coefficient (Wildman–Crippen LogP) is 5.45. The third-order valence-electron chi connectivity index (χ3n) is 4.32. The molecule has 0 amide bonds. The molecule has 0 bridgehead atoms. The Morgan fingerprint density at radius 2 is 1.50 bits per heavy atom. The van der Waals surface area contributed by atoms with E-state index in [1.807, 2.05) is 30.3 Å². The Morgan fingerprint density at radius 1 is 0.769 bits per heavy atom. The second kappa shape index (κ2) is 8.95. The average Bonchev–Trinajstić information content (AvgIpc) is 2.72. The smallest absolute Gasteiger partial charge is 0.161 e. The van der Waals surface area contributed by atoms with Crippen LogP contribution in [0.15, 0.2) is 72.8 Å². The minimum Gasteiger partial charge on any atom is -0.493 e. The summed E-state index contributed by atoms with van der Waals surface area (Å²) in [6.07, 6.45) is 1.06. The Bertz CT molecular complexity index is 813. The van der Waals surface area contributed by atoms with E-state index in [1.165, 1.54) is 5.56 Å². The van der Waals surface area contributed by atoms with Crippen LogP contribution in [0.2, 0.25) is 0 Å². The van der Waals surface area contributed by atoms with Crippen molar-refractivity contribution in [2.75, 3.05) is 12.4 Å². The van der Waals surface area contributed by atoms with Crippen molar-refractivity contribution >= 4 is 5.69 Å². The van der Waals surface area contributed by atoms with Gasteiger partial charge in [0.2, 0.25) is 0 Å². The van der Waals surface area contributed by atoms with Gasteiger partial charge in [-0.25, -0.2) is 0 Å². The van der Waals surface area contributed by atoms with Crippen LogP contribution in [0.4, 0.5) is 5.69 Å². The van der Waals surface area contributed by atoms with Gasteiger partial charge in [0.15, 0.2) is 11.5 Å². The van der Waals surface area contributed by atoms with Crippen LogP contribution in [0.5, 0.6) is 11.5 Å². The first-order chi connectivity index (χ1) is 12.8. The number of hydrogen-bond donors (Lipinski definition) is 1. The van der Waals surface area contributed by atoms with Gasteiger partial charge in [-0.05, 0) is 47.4 Å². The molecule has 0 unspecified atom stereocenters. The summed E-state index contributed by atoms with van der Waals surface area (Å²) in [5, 5.41) is 3.44. The highest BCUT2D eigenvalue weighted by molar-refractivity contribution is 5.47. The molecule has 0 atom stereocenters. The molecule has 134 valence electrons. The molecular weight excluding hydrogens is 322 g/mol. The first-order valence-corrected chi connectivity index (χ1v) is 8.95. The Kier molecular flexibility index (Phi) is 6.15. The fourth-order valence-electron chi connectivity index (χ4n) is 2.74. The summed E-state index contributed by atoms with van der Waals surface area (Å²) in [5.41, 5.74) is 4.74. The maximum Gasteiger partial charge on any atom is 0.161 e. The first-order valence-electron chi connectivity index (χ1n) is 8.95. The second-order valence-electron chi connectivity index (χ2n) is 6.16. The maximum atomic E-state index is 5.91. The van der Waals surface area contributed by atoms with Crippen molar-refractivity contribution in [1.82, 2.24) is 0 Å². The molecule has 3 rings (SSSR count). The molecule has 0 aliphatic carbocycles. The summed E-state index contributed by atoms with van der Waals surface area (Å²) < 4.78 is 11.4. The first kappa shape index (κ1) is 17.9. The zero-order valence-corrected chi connectivity index (χ0v) is 15.4. The molecule has 0 aromatic heterocycles. The number of nitrogens with one attached hydrogen (secondary N) is 1. The molecular formula is C23H25NO2. The summed E-state index contributed by atoms with van der Waals surface area (Å²) in [4.78, 5) is 0. The second-order valence-corrected chi connectivity index (χ2v) is 6.16. The fourth-order valence-corrected chi connectivity index (χ4v) is 2.74. The third-order valence-corrected chi connectivity index (χ3v) is 4.32. The van der Waals surface area contributed by atoms with E-state index >= 15 is 0 Å². The van der Waals surface area contributed by atoms with Gasteiger partial charge in [-0.2, -0.15) is 0 Å². The Labute approximate surface area is 155 Å². The summed E-state index contributed by atoms with van der Waals surface area (Å²) in [5.74, 6) is 1.51. The van der Waals surface area contributed by atoms with Crippen molar-refractivity contribution < 1.29 is 9.47 Å². The molecule has 0 saturated heterocycles. The van der Waals surface area contributed by atoms with Crippen LogP contribution < -0.4 is 14.8 Å². The van der Waals surface area contributed by atoms with Crippen molar-refractivity contribution in [3.63, 3.8) is 0 Å². The van der Waals surface area contributed by atoms with Crippen LogP contribution in [0.3, 0.4) is 0 Å². The van der Waals surface area contributed by atoms with Crippen LogP contribution in [0, 0.1) is 0 Å². The van der Waals surface area contributed by atoms with Gasteiger partial charge in [0.05, 0.1) is 7.11 Å². The minimum absolute atomic E-state index is 0.526. The van der Waals surface area contributed by atoms with Gasteiger partial charge in [0.25, 0.3) is 0 Å². The number of hydrogen-bond acceptors (Lipinski definition) is 3. The van der Waals surface area contributed by atoms with Crippen LogP contribution in [-0.4, -0.2) is 7.11 Å². The van der Waals surface area contributed by atoms with Crippen molar-refractivity contribution in [2.24, 2.45) is 0 Å². The number of anilines is 1. The van der Waals surface area contributed by atoms with Crippen LogP contribution in [0.25, 0.3) is 0 Å². The Morgan fingerprint density at radius 3 is 2.19 bits per heavy atom. The molecule has 0 radical (unpaired) electrons. The van der Waals surface area contributed by atoms with E-state index in [0.717, 1.165) is 41.3 Å². The molecule has 3 heteroatoms. The topological polar surface area (TPSA) is 30.5 Å². The molecule has 0 aliphatic rings. The van der Waals surface area contributed by atoms with E-state index in [2.05, 4.69) is 54.7 Å². The van der Waals surface area contributed by atoms with Crippen molar-refractivity contribution in [2.45, 2.75) is 26.5 Å². The summed E-state index contributed by atoms with van der Waals surface area (Å²) in [6.45, 7) is 3.43. The van der Waals surface area contributed by atoms with Gasteiger partial charge in [0.1, 0.15) is 6.61 Å². The van der Waals surface area contributed by atoms with Crippen molar-refractivity contribution in [3.05, 3.63) is 89.5 Å². The van der Waals surface area contributed by atoms with E-state index in [4.69, 9.17) is 9.47 Å². The molecule has 0 aliphatic heterocycles. The molecule has 26 heavy (non-hydrogen) atoms. The summed E-state index contributed by atoms with van der Waals surface area (Å²) >= 11 is 0. The van der Waals surface area contributed by atoms with E-state index in [0.29, 0.717) is 6.61 Å². The SMILES string of the molecule is CCc1ccc(NCc2ccc(OCc3ccccc3)c(OC)c2)cc1. The molecule has 0 saturated carbocycles. The molecule has 0 spiro atoms. The van der Waals surface area contributed by atoms with Crippen LogP contribution >= 0.6 is 0 Å². The average molecular weight is 347 g/mol. The number of ether oxygens (including phenoxy) is 2. The van der Waals surface area contributed by atoms with Crippen molar-refractivity contribution in [1.29, 1.82) is 0 Å². The monoisotopic (exact) mass is 347 g/mol. The number of benzene rings is 3. The summed E-state index contributed by atoms with van der Waals surface area (Å²) in [7, 11) is 1.67. The van der Waals surface area contributed by atoms with Gasteiger partial charge >= 0.3 is 0 Å². The van der Waals surface area contributed by atoms with Gasteiger partial charge < -0.3 is 14.8 Å². The van der Waals surface area contributed by atoms with Gasteiger partial charge in [-0.1, -0.05) is 55.5 Å². The zero-order chi connectivity index (χ0) is 18.2. The van der Waals surface area contributed by atoms with E-state index in [9.17, 15) is 0 Å². The highest BCUT2D eigenvalue weighted by Gasteiger charge is 2.06. The fraction of sp³-hybridized carbons (Fsp3) is 0.217. The van der Waals surface area contributed by atoms with Crippen molar-refractivity contribution in [3.8, 4) is 11.5 Å². The largest absolute Gasteiger partial charge is 0.493 e. The van der Waals surface area contributed by atoms with Crippen LogP contribution in [-0.2, 0) is 19.6 Å². The lowest BCUT2D eigenvalue weighted by Crippen LogP contribution is -2.02. The number of methoxy groups -OCH3 is 1. The summed E-state index contributed by atoms with van der Waals surface area (Å²) in [6, 6.07) is 24.7.